The Morgan fingerprint density at radius 1 is 0.661 bits per heavy atom. The highest BCUT2D eigenvalue weighted by atomic mass is 79.9. The van der Waals surface area contributed by atoms with Crippen LogP contribution in [0, 0.1) is 0 Å². The van der Waals surface area contributed by atoms with Gasteiger partial charge < -0.3 is 31.4 Å². The van der Waals surface area contributed by atoms with E-state index < -0.39 is 0 Å². The predicted octanol–water partition coefficient (Wildman–Crippen LogP) is 8.64. The summed E-state index contributed by atoms with van der Waals surface area (Å²) in [4.78, 5) is 26.3. The Bertz CT molecular complexity index is 2110. The highest BCUT2D eigenvalue weighted by Gasteiger charge is 2.45. The van der Waals surface area contributed by atoms with E-state index >= 15 is 0 Å². The van der Waals surface area contributed by atoms with E-state index in [1.54, 1.807) is 0 Å². The highest BCUT2D eigenvalue weighted by molar-refractivity contribution is 6.07. The normalized spacial score (nSPS) is 16.1. The number of carbonyl (C=O) groups is 2. The van der Waals surface area contributed by atoms with Gasteiger partial charge in [-0.25, -0.2) is 0 Å². The molecule has 0 amide bonds. The fourth-order valence-electron chi connectivity index (χ4n) is 9.03. The van der Waals surface area contributed by atoms with Gasteiger partial charge in [0.05, 0.1) is 18.6 Å². The van der Waals surface area contributed by atoms with Gasteiger partial charge in [0.2, 0.25) is 5.69 Å². The molecule has 0 aliphatic carbocycles. The number of allylic oxidation sites excluding steroid dienone is 4. The summed E-state index contributed by atoms with van der Waals surface area (Å²) >= 11 is 0. The van der Waals surface area contributed by atoms with Gasteiger partial charge in [-0.05, 0) is 98.7 Å². The summed E-state index contributed by atoms with van der Waals surface area (Å²) in [7, 11) is 0. The lowest BCUT2D eigenvalue weighted by Crippen LogP contribution is -3.00. The SMILES string of the molecule is CCOC(=O)CCCCCCN1/C(=C\C=C\C2=[N+](CCCCCCC(=O)OCC)c3ccc4ccccc4c3C2(C)C)C(C)(C)c2c1ccc1ccccc21.[Br-]. The van der Waals surface area contributed by atoms with Crippen LogP contribution in [-0.4, -0.2) is 48.5 Å². The summed E-state index contributed by atoms with van der Waals surface area (Å²) in [6.07, 6.45) is 16.0. The molecule has 2 heterocycles. The number of anilines is 1. The fourth-order valence-corrected chi connectivity index (χ4v) is 9.03. The van der Waals surface area contributed by atoms with E-state index in [0.717, 1.165) is 64.5 Å². The summed E-state index contributed by atoms with van der Waals surface area (Å²) in [5.41, 5.74) is 7.63. The Hall–Kier alpha value is -4.23. The molecule has 0 spiro atoms. The lowest BCUT2D eigenvalue weighted by Gasteiger charge is -2.27. The minimum absolute atomic E-state index is 0. The first-order chi connectivity index (χ1) is 26.6. The van der Waals surface area contributed by atoms with Crippen LogP contribution in [0.2, 0.25) is 0 Å². The molecule has 2 aliphatic rings. The van der Waals surface area contributed by atoms with Gasteiger partial charge in [0.1, 0.15) is 6.54 Å². The molecule has 0 saturated carbocycles. The van der Waals surface area contributed by atoms with Crippen LogP contribution >= 0.6 is 0 Å². The topological polar surface area (TPSA) is 58.8 Å². The van der Waals surface area contributed by atoms with Crippen molar-refractivity contribution in [2.75, 3.05) is 31.2 Å². The fraction of sp³-hybridized carbons (Fsp3) is 0.449. The number of benzene rings is 4. The van der Waals surface area contributed by atoms with Crippen molar-refractivity contribution in [2.24, 2.45) is 0 Å². The standard InChI is InChI=1S/C49H61N2O4.BrH/c1-7-54-44(52)28-13-9-11-19-34-50-40-32-30-36-22-15-17-24-38(36)46(40)48(3,4)42(50)26-21-27-43-49(5,6)47-39-25-18-16-23-37(39)31-33-41(47)51(43)35-20-12-10-14-29-45(53)55-8-2;/h15-18,21-27,30-33H,7-14,19-20,28-29,34-35H2,1-6H3;1H/q+1;/p-1. The van der Waals surface area contributed by atoms with E-state index in [-0.39, 0.29) is 39.8 Å². The Kier molecular flexibility index (Phi) is 14.8. The molecule has 298 valence electrons. The molecule has 0 bridgehead atoms. The zero-order valence-corrected chi connectivity index (χ0v) is 36.1. The van der Waals surface area contributed by atoms with Crippen molar-refractivity contribution in [3.63, 3.8) is 0 Å². The Morgan fingerprint density at radius 3 is 1.84 bits per heavy atom. The van der Waals surface area contributed by atoms with Crippen LogP contribution in [0.1, 0.15) is 117 Å². The number of halogens is 1. The summed E-state index contributed by atoms with van der Waals surface area (Å²) in [6.45, 7) is 16.0. The largest absolute Gasteiger partial charge is 1.00 e. The van der Waals surface area contributed by atoms with Crippen LogP contribution in [0.3, 0.4) is 0 Å². The van der Waals surface area contributed by atoms with Crippen LogP contribution in [0.15, 0.2) is 96.7 Å². The van der Waals surface area contributed by atoms with Gasteiger partial charge in [-0.2, -0.15) is 4.58 Å². The first kappa shape index (κ1) is 42.9. The lowest BCUT2D eigenvalue weighted by molar-refractivity contribution is -0.438. The van der Waals surface area contributed by atoms with Gasteiger partial charge in [-0.1, -0.05) is 93.8 Å². The van der Waals surface area contributed by atoms with Crippen molar-refractivity contribution in [3.05, 3.63) is 108 Å². The van der Waals surface area contributed by atoms with E-state index in [1.807, 2.05) is 13.8 Å². The van der Waals surface area contributed by atoms with E-state index in [2.05, 4.69) is 128 Å². The third-order valence-electron chi connectivity index (χ3n) is 11.7. The second-order valence-corrected chi connectivity index (χ2v) is 16.1. The maximum absolute atomic E-state index is 11.9. The second-order valence-electron chi connectivity index (χ2n) is 16.1. The van der Waals surface area contributed by atoms with Gasteiger partial charge in [-0.3, -0.25) is 9.59 Å². The van der Waals surface area contributed by atoms with E-state index in [1.165, 1.54) is 55.5 Å². The van der Waals surface area contributed by atoms with Gasteiger partial charge >= 0.3 is 11.9 Å². The quantitative estimate of drug-likeness (QED) is 0.0572. The van der Waals surface area contributed by atoms with E-state index in [0.29, 0.717) is 26.1 Å². The number of fused-ring (bicyclic) bond motifs is 6. The van der Waals surface area contributed by atoms with Crippen LogP contribution in [-0.2, 0) is 29.9 Å². The van der Waals surface area contributed by atoms with Crippen molar-refractivity contribution < 1.29 is 40.6 Å². The molecule has 0 N–H and O–H groups in total. The number of carbonyl (C=O) groups excluding carboxylic acids is 2. The molecule has 7 heteroatoms. The molecule has 0 radical (unpaired) electrons. The highest BCUT2D eigenvalue weighted by Crippen LogP contribution is 2.51. The molecule has 0 saturated heterocycles. The molecule has 56 heavy (non-hydrogen) atoms. The van der Waals surface area contributed by atoms with Gasteiger partial charge in [0.25, 0.3) is 0 Å². The Balaban J connectivity index is 0.00000600. The molecule has 6 rings (SSSR count). The molecular formula is C49H61BrN2O4. The minimum atomic E-state index is -0.192. The molecule has 0 aromatic heterocycles. The van der Waals surface area contributed by atoms with Crippen LogP contribution in [0.25, 0.3) is 21.5 Å². The molecule has 0 fully saturated rings. The predicted molar refractivity (Wildman–Crippen MR) is 228 cm³/mol. The zero-order valence-electron chi connectivity index (χ0n) is 34.5. The molecular weight excluding hydrogens is 760 g/mol. The van der Waals surface area contributed by atoms with Crippen molar-refractivity contribution >= 4 is 50.6 Å². The van der Waals surface area contributed by atoms with Crippen LogP contribution in [0.5, 0.6) is 0 Å². The number of hydrogen-bond acceptors (Lipinski definition) is 5. The van der Waals surface area contributed by atoms with Crippen molar-refractivity contribution in [3.8, 4) is 0 Å². The molecule has 6 nitrogen and oxygen atoms in total. The number of nitrogens with zero attached hydrogens (tertiary/aromatic N) is 2. The molecule has 0 unspecified atom stereocenters. The third-order valence-corrected chi connectivity index (χ3v) is 11.7. The monoisotopic (exact) mass is 820 g/mol. The average Bonchev–Trinajstić information content (AvgIpc) is 3.53. The third kappa shape index (κ3) is 9.15. The first-order valence-electron chi connectivity index (χ1n) is 20.8. The summed E-state index contributed by atoms with van der Waals surface area (Å²) in [6, 6.07) is 26.7. The molecule has 0 atom stereocenters. The van der Waals surface area contributed by atoms with Crippen LogP contribution < -0.4 is 21.9 Å². The molecule has 4 aromatic carbocycles. The maximum atomic E-state index is 11.9. The number of unbranched alkanes of at least 4 members (excludes halogenated alkanes) is 6. The van der Waals surface area contributed by atoms with E-state index in [4.69, 9.17) is 9.47 Å². The van der Waals surface area contributed by atoms with Crippen molar-refractivity contribution in [1.82, 2.24) is 0 Å². The lowest BCUT2D eigenvalue weighted by atomic mass is 9.79. The molecule has 2 aliphatic heterocycles. The van der Waals surface area contributed by atoms with Gasteiger partial charge in [-0.15, -0.1) is 0 Å². The summed E-state index contributed by atoms with van der Waals surface area (Å²) < 4.78 is 12.8. The summed E-state index contributed by atoms with van der Waals surface area (Å²) in [5, 5.41) is 5.18. The van der Waals surface area contributed by atoms with Crippen LogP contribution in [0.4, 0.5) is 11.4 Å². The zero-order chi connectivity index (χ0) is 39.0. The smallest absolute Gasteiger partial charge is 0.305 e. The number of ether oxygens (including phenoxy) is 2. The maximum Gasteiger partial charge on any atom is 0.305 e. The average molecular weight is 822 g/mol. The summed E-state index contributed by atoms with van der Waals surface area (Å²) in [5.74, 6) is -0.184. The van der Waals surface area contributed by atoms with Gasteiger partial charge in [0, 0.05) is 60.3 Å². The minimum Gasteiger partial charge on any atom is -1.00 e. The van der Waals surface area contributed by atoms with Crippen molar-refractivity contribution in [2.45, 2.75) is 117 Å². The van der Waals surface area contributed by atoms with Gasteiger partial charge in [0.15, 0.2) is 5.71 Å². The first-order valence-corrected chi connectivity index (χ1v) is 20.8. The number of hydrogen-bond donors (Lipinski definition) is 0. The van der Waals surface area contributed by atoms with Crippen molar-refractivity contribution in [1.29, 1.82) is 0 Å². The number of esters is 2. The number of rotatable bonds is 18. The Morgan fingerprint density at radius 2 is 1.21 bits per heavy atom. The van der Waals surface area contributed by atoms with E-state index in [9.17, 15) is 9.59 Å². The second kappa shape index (κ2) is 19.3. The molecule has 4 aromatic rings. The Labute approximate surface area is 345 Å².